The number of benzene rings is 1. The molecule has 1 aliphatic rings. The number of anilines is 1. The maximum atomic E-state index is 13.2. The fourth-order valence-corrected chi connectivity index (χ4v) is 4.22. The number of ether oxygens (including phenoxy) is 1. The molecule has 2 aromatic rings. The minimum Gasteiger partial charge on any atom is -0.486 e. The lowest BCUT2D eigenvalue weighted by molar-refractivity contribution is -0.138. The summed E-state index contributed by atoms with van der Waals surface area (Å²) in [4.78, 5) is 10.2. The molecular weight excluding hydrogens is 395 g/mol. The monoisotopic (exact) mass is 415 g/mol. The molecule has 6 nitrogen and oxygen atoms in total. The van der Waals surface area contributed by atoms with Crippen LogP contribution in [-0.2, 0) is 23.6 Å². The van der Waals surface area contributed by atoms with Crippen molar-refractivity contribution in [2.24, 2.45) is 0 Å². The number of alkyl halides is 3. The minimum absolute atomic E-state index is 0.0726. The Bertz CT molecular complexity index is 846. The second-order valence-corrected chi connectivity index (χ2v) is 8.28. The third kappa shape index (κ3) is 4.61. The first-order chi connectivity index (χ1) is 13.3. The number of hydrogen-bond donors (Lipinski definition) is 1. The smallest absolute Gasteiger partial charge is 0.416 e. The molecule has 0 bridgehead atoms. The molecule has 2 heterocycles. The largest absolute Gasteiger partial charge is 0.486 e. The summed E-state index contributed by atoms with van der Waals surface area (Å²) in [6.45, 7) is 2.05. The summed E-state index contributed by atoms with van der Waals surface area (Å²) in [5.74, 6) is 1.06. The van der Waals surface area contributed by atoms with Crippen molar-refractivity contribution in [2.45, 2.75) is 25.0 Å². The maximum absolute atomic E-state index is 13.2. The van der Waals surface area contributed by atoms with E-state index in [1.807, 2.05) is 4.90 Å². The zero-order chi connectivity index (χ0) is 20.3. The molecule has 3 rings (SSSR count). The SMILES string of the molecule is Cc1cccc(C(F)(F)F)c1COc1cnc(N2CCS(=O)C(CO)C2)nc1. The molecular formula is C18H20F3N3O3S. The van der Waals surface area contributed by atoms with Crippen LogP contribution in [-0.4, -0.2) is 50.0 Å². The highest BCUT2D eigenvalue weighted by Crippen LogP contribution is 2.33. The van der Waals surface area contributed by atoms with Gasteiger partial charge in [-0.1, -0.05) is 12.1 Å². The van der Waals surface area contributed by atoms with Crippen LogP contribution >= 0.6 is 0 Å². The lowest BCUT2D eigenvalue weighted by Gasteiger charge is -2.31. The van der Waals surface area contributed by atoms with E-state index in [4.69, 9.17) is 4.74 Å². The molecule has 28 heavy (non-hydrogen) atoms. The summed E-state index contributed by atoms with van der Waals surface area (Å²) in [5.41, 5.74) is -0.159. The van der Waals surface area contributed by atoms with Gasteiger partial charge in [0.15, 0.2) is 5.75 Å². The van der Waals surface area contributed by atoms with Crippen LogP contribution in [0.1, 0.15) is 16.7 Å². The molecule has 1 saturated heterocycles. The molecule has 10 heteroatoms. The molecule has 1 aromatic heterocycles. The topological polar surface area (TPSA) is 75.5 Å². The van der Waals surface area contributed by atoms with Crippen molar-refractivity contribution >= 4 is 16.7 Å². The number of aromatic nitrogens is 2. The summed E-state index contributed by atoms with van der Waals surface area (Å²) in [5, 5.41) is 8.94. The molecule has 1 aromatic carbocycles. The molecule has 0 spiro atoms. The van der Waals surface area contributed by atoms with Gasteiger partial charge in [0.25, 0.3) is 0 Å². The molecule has 1 aliphatic heterocycles. The van der Waals surface area contributed by atoms with E-state index in [9.17, 15) is 22.5 Å². The summed E-state index contributed by atoms with van der Waals surface area (Å²) in [6, 6.07) is 4.00. The third-order valence-corrected chi connectivity index (χ3v) is 6.18. The molecule has 1 N–H and O–H groups in total. The predicted molar refractivity (Wildman–Crippen MR) is 98.6 cm³/mol. The quantitative estimate of drug-likeness (QED) is 0.808. The first kappa shape index (κ1) is 20.5. The van der Waals surface area contributed by atoms with Gasteiger partial charge < -0.3 is 14.7 Å². The number of aliphatic hydroxyl groups is 1. The van der Waals surface area contributed by atoms with Gasteiger partial charge in [0.2, 0.25) is 5.95 Å². The predicted octanol–water partition coefficient (Wildman–Crippen LogP) is 2.31. The van der Waals surface area contributed by atoms with Gasteiger partial charge >= 0.3 is 6.18 Å². The zero-order valence-electron chi connectivity index (χ0n) is 15.1. The van der Waals surface area contributed by atoms with Crippen LogP contribution in [0.3, 0.4) is 0 Å². The Kier molecular flexibility index (Phi) is 6.19. The van der Waals surface area contributed by atoms with Gasteiger partial charge in [-0.15, -0.1) is 0 Å². The molecule has 1 fully saturated rings. The Morgan fingerprint density at radius 1 is 1.32 bits per heavy atom. The minimum atomic E-state index is -4.46. The molecule has 2 atom stereocenters. The lowest BCUT2D eigenvalue weighted by atomic mass is 10.0. The van der Waals surface area contributed by atoms with Crippen LogP contribution in [0.4, 0.5) is 19.1 Å². The second kappa shape index (κ2) is 8.44. The van der Waals surface area contributed by atoms with E-state index in [1.165, 1.54) is 18.5 Å². The van der Waals surface area contributed by atoms with Gasteiger partial charge in [-0.25, -0.2) is 9.97 Å². The standard InChI is InChI=1S/C18H20F3N3O3S/c1-12-3-2-4-16(18(19,20)21)15(12)11-27-13-7-22-17(23-8-13)24-5-6-28(26)14(9-24)10-25/h2-4,7-8,14,25H,5-6,9-11H2,1H3. The van der Waals surface area contributed by atoms with Crippen LogP contribution in [0.15, 0.2) is 30.6 Å². The Labute approximate surface area is 162 Å². The number of hydrogen-bond acceptors (Lipinski definition) is 6. The molecule has 0 saturated carbocycles. The van der Waals surface area contributed by atoms with Crippen LogP contribution in [0, 0.1) is 6.92 Å². The Morgan fingerprint density at radius 2 is 2.04 bits per heavy atom. The number of halogens is 3. The fourth-order valence-electron chi connectivity index (χ4n) is 2.97. The summed E-state index contributed by atoms with van der Waals surface area (Å²) < 4.78 is 56.8. The number of aryl methyl sites for hydroxylation is 1. The average Bonchev–Trinajstić information content (AvgIpc) is 2.67. The summed E-state index contributed by atoms with van der Waals surface area (Å²) in [7, 11) is -1.08. The van der Waals surface area contributed by atoms with Crippen molar-refractivity contribution in [3.63, 3.8) is 0 Å². The van der Waals surface area contributed by atoms with Crippen molar-refractivity contribution < 1.29 is 27.2 Å². The summed E-state index contributed by atoms with van der Waals surface area (Å²) >= 11 is 0. The van der Waals surface area contributed by atoms with Crippen LogP contribution in [0.25, 0.3) is 0 Å². The zero-order valence-corrected chi connectivity index (χ0v) is 16.0. The summed E-state index contributed by atoms with van der Waals surface area (Å²) in [6.07, 6.45) is -1.66. The lowest BCUT2D eigenvalue weighted by Crippen LogP contribution is -2.46. The highest BCUT2D eigenvalue weighted by Gasteiger charge is 2.34. The van der Waals surface area contributed by atoms with E-state index >= 15 is 0 Å². The highest BCUT2D eigenvalue weighted by molar-refractivity contribution is 7.85. The fraction of sp³-hybridized carbons (Fsp3) is 0.444. The van der Waals surface area contributed by atoms with E-state index < -0.39 is 22.5 Å². The van der Waals surface area contributed by atoms with Crippen molar-refractivity contribution in [1.82, 2.24) is 9.97 Å². The van der Waals surface area contributed by atoms with Gasteiger partial charge in [-0.2, -0.15) is 13.2 Å². The Morgan fingerprint density at radius 3 is 2.68 bits per heavy atom. The second-order valence-electron chi connectivity index (χ2n) is 6.44. The van der Waals surface area contributed by atoms with Crippen molar-refractivity contribution in [3.05, 3.63) is 47.3 Å². The van der Waals surface area contributed by atoms with Crippen LogP contribution in [0.2, 0.25) is 0 Å². The molecule has 0 amide bonds. The van der Waals surface area contributed by atoms with Gasteiger partial charge in [0, 0.05) is 35.2 Å². The van der Waals surface area contributed by atoms with E-state index in [-0.39, 0.29) is 29.8 Å². The van der Waals surface area contributed by atoms with Crippen molar-refractivity contribution in [1.29, 1.82) is 0 Å². The molecule has 0 aliphatic carbocycles. The molecule has 0 radical (unpaired) electrons. The van der Waals surface area contributed by atoms with Gasteiger partial charge in [0.1, 0.15) is 6.61 Å². The normalized spacial score (nSPS) is 20.2. The van der Waals surface area contributed by atoms with Crippen molar-refractivity contribution in [2.75, 3.05) is 30.3 Å². The van der Waals surface area contributed by atoms with E-state index in [1.54, 1.807) is 13.0 Å². The number of aliphatic hydroxyl groups excluding tert-OH is 1. The van der Waals surface area contributed by atoms with Gasteiger partial charge in [-0.05, 0) is 18.6 Å². The van der Waals surface area contributed by atoms with E-state index in [2.05, 4.69) is 9.97 Å². The van der Waals surface area contributed by atoms with E-state index in [0.29, 0.717) is 30.4 Å². The van der Waals surface area contributed by atoms with Crippen LogP contribution < -0.4 is 9.64 Å². The molecule has 2 unspecified atom stereocenters. The van der Waals surface area contributed by atoms with Gasteiger partial charge in [-0.3, -0.25) is 4.21 Å². The maximum Gasteiger partial charge on any atom is 0.416 e. The third-order valence-electron chi connectivity index (χ3n) is 4.56. The highest BCUT2D eigenvalue weighted by atomic mass is 32.2. The Balaban J connectivity index is 1.69. The number of rotatable bonds is 5. The average molecular weight is 415 g/mol. The first-order valence-corrected chi connectivity index (χ1v) is 10.0. The van der Waals surface area contributed by atoms with E-state index in [0.717, 1.165) is 6.07 Å². The first-order valence-electron chi connectivity index (χ1n) is 8.63. The Hall–Kier alpha value is -2.20. The number of nitrogens with zero attached hydrogens (tertiary/aromatic N) is 3. The molecule has 152 valence electrons. The van der Waals surface area contributed by atoms with Crippen molar-refractivity contribution in [3.8, 4) is 5.75 Å². The van der Waals surface area contributed by atoms with Crippen LogP contribution in [0.5, 0.6) is 5.75 Å². The van der Waals surface area contributed by atoms with Gasteiger partial charge in [0.05, 0.1) is 29.8 Å².